The minimum absolute atomic E-state index is 0.0547. The second-order valence-electron chi connectivity index (χ2n) is 12.0. The molecule has 4 heterocycles. The fourth-order valence-corrected chi connectivity index (χ4v) is 5.83. The number of likely N-dealkylation sites (tertiary alicyclic amines) is 1. The molecule has 0 spiro atoms. The van der Waals surface area contributed by atoms with Crippen molar-refractivity contribution < 1.29 is 23.4 Å². The van der Waals surface area contributed by atoms with E-state index >= 15 is 4.39 Å². The average molecular weight is 628 g/mol. The Balaban J connectivity index is 1.18. The number of morpholine rings is 1. The molecule has 11 nitrogen and oxygen atoms in total. The molecule has 2 aromatic carbocycles. The van der Waals surface area contributed by atoms with Gasteiger partial charge in [-0.3, -0.25) is 4.79 Å². The second kappa shape index (κ2) is 13.2. The van der Waals surface area contributed by atoms with Crippen molar-refractivity contribution in [2.24, 2.45) is 0 Å². The number of benzene rings is 2. The number of nitrogens with one attached hydrogen (secondary N) is 2. The van der Waals surface area contributed by atoms with Crippen LogP contribution in [-0.4, -0.2) is 77.3 Å². The van der Waals surface area contributed by atoms with E-state index in [4.69, 9.17) is 14.2 Å². The lowest BCUT2D eigenvalue weighted by Crippen LogP contribution is -2.48. The van der Waals surface area contributed by atoms with Gasteiger partial charge in [0.15, 0.2) is 0 Å². The van der Waals surface area contributed by atoms with Crippen LogP contribution >= 0.6 is 0 Å². The molecule has 0 radical (unpaired) electrons. The van der Waals surface area contributed by atoms with Gasteiger partial charge < -0.3 is 34.6 Å². The van der Waals surface area contributed by atoms with E-state index in [0.29, 0.717) is 60.2 Å². The van der Waals surface area contributed by atoms with E-state index < -0.39 is 5.82 Å². The normalized spacial score (nSPS) is 16.6. The molecular weight excluding hydrogens is 589 g/mol. The van der Waals surface area contributed by atoms with Gasteiger partial charge in [-0.15, -0.1) is 0 Å². The quantitative estimate of drug-likeness (QED) is 0.217. The Morgan fingerprint density at radius 2 is 1.87 bits per heavy atom. The molecule has 240 valence electrons. The Kier molecular flexibility index (Phi) is 8.89. The molecule has 12 heteroatoms. The van der Waals surface area contributed by atoms with Crippen LogP contribution in [0.2, 0.25) is 0 Å². The number of methoxy groups -OCH3 is 1. The first-order valence-electron chi connectivity index (χ1n) is 15.3. The molecule has 2 N–H and O–H groups in total. The summed E-state index contributed by atoms with van der Waals surface area (Å²) in [5, 5.41) is 7.38. The zero-order valence-corrected chi connectivity index (χ0v) is 26.3. The summed E-state index contributed by atoms with van der Waals surface area (Å²) in [4.78, 5) is 29.3. The molecule has 46 heavy (non-hydrogen) atoms. The van der Waals surface area contributed by atoms with Crippen molar-refractivity contribution in [2.75, 3.05) is 55.4 Å². The van der Waals surface area contributed by atoms with Gasteiger partial charge in [0.05, 0.1) is 36.2 Å². The number of anilines is 4. The Hall–Kier alpha value is -4.97. The van der Waals surface area contributed by atoms with Gasteiger partial charge in [-0.1, -0.05) is 6.58 Å². The van der Waals surface area contributed by atoms with Gasteiger partial charge in [0.1, 0.15) is 41.0 Å². The molecule has 6 rings (SSSR count). The van der Waals surface area contributed by atoms with Crippen LogP contribution in [0.15, 0.2) is 67.6 Å². The molecule has 0 aliphatic carbocycles. The van der Waals surface area contributed by atoms with E-state index in [1.807, 2.05) is 18.2 Å². The number of piperidine rings is 1. The van der Waals surface area contributed by atoms with Crippen LogP contribution in [0.3, 0.4) is 0 Å². The zero-order valence-electron chi connectivity index (χ0n) is 26.3. The predicted octanol–water partition coefficient (Wildman–Crippen LogP) is 5.91. The SMILES string of the molecule is C=CC(=O)N1CCC(Nc2cc3c(Nc4ccc(Oc5ccnc(N6CCOC(C)(C)C6)c5)cc4F)ncnc3cc2OC)CC1. The van der Waals surface area contributed by atoms with Gasteiger partial charge in [0.2, 0.25) is 5.91 Å². The van der Waals surface area contributed by atoms with Crippen molar-refractivity contribution in [3.05, 3.63) is 73.5 Å². The number of aromatic nitrogens is 3. The Morgan fingerprint density at radius 1 is 1.07 bits per heavy atom. The largest absolute Gasteiger partial charge is 0.495 e. The minimum Gasteiger partial charge on any atom is -0.495 e. The van der Waals surface area contributed by atoms with Crippen LogP contribution in [0.1, 0.15) is 26.7 Å². The van der Waals surface area contributed by atoms with E-state index in [0.717, 1.165) is 30.9 Å². The van der Waals surface area contributed by atoms with Crippen LogP contribution in [0, 0.1) is 5.82 Å². The van der Waals surface area contributed by atoms with Crippen LogP contribution in [0.25, 0.3) is 10.9 Å². The second-order valence-corrected chi connectivity index (χ2v) is 12.0. The standard InChI is InChI=1S/C34H38FN7O4/c1-5-32(43)41-12-9-22(10-13-41)39-29-18-25-28(19-30(29)44-4)37-21-38-33(25)40-27-7-6-23(16-26(27)35)46-24-8-11-36-31(17-24)42-14-15-45-34(2,3)20-42/h5-8,11,16-19,21-22,39H,1,9-10,12-15,20H2,2-4H3,(H,37,38,40). The molecule has 0 saturated carbocycles. The fourth-order valence-electron chi connectivity index (χ4n) is 5.83. The monoisotopic (exact) mass is 627 g/mol. The van der Waals surface area contributed by atoms with Crippen molar-refractivity contribution in [1.82, 2.24) is 19.9 Å². The van der Waals surface area contributed by atoms with Crippen molar-refractivity contribution in [3.8, 4) is 17.2 Å². The van der Waals surface area contributed by atoms with Crippen LogP contribution in [0.4, 0.5) is 27.4 Å². The highest BCUT2D eigenvalue weighted by atomic mass is 19.1. The maximum atomic E-state index is 15.4. The highest BCUT2D eigenvalue weighted by Gasteiger charge is 2.28. The number of ether oxygens (including phenoxy) is 3. The smallest absolute Gasteiger partial charge is 0.245 e. The summed E-state index contributed by atoms with van der Waals surface area (Å²) in [5.74, 6) is 2.22. The van der Waals surface area contributed by atoms with E-state index in [2.05, 4.69) is 50.9 Å². The van der Waals surface area contributed by atoms with Crippen molar-refractivity contribution in [2.45, 2.75) is 38.3 Å². The Labute approximate surface area is 267 Å². The summed E-state index contributed by atoms with van der Waals surface area (Å²) in [6, 6.07) is 12.1. The zero-order chi connectivity index (χ0) is 32.3. The highest BCUT2D eigenvalue weighted by molar-refractivity contribution is 5.95. The lowest BCUT2D eigenvalue weighted by atomic mass is 10.0. The summed E-state index contributed by atoms with van der Waals surface area (Å²) in [6.07, 6.45) is 6.02. The summed E-state index contributed by atoms with van der Waals surface area (Å²) >= 11 is 0. The first-order chi connectivity index (χ1) is 22.2. The molecule has 0 atom stereocenters. The molecule has 2 saturated heterocycles. The molecular formula is C34H38FN7O4. The third-order valence-corrected chi connectivity index (χ3v) is 8.19. The van der Waals surface area contributed by atoms with Gasteiger partial charge >= 0.3 is 0 Å². The van der Waals surface area contributed by atoms with Crippen molar-refractivity contribution in [3.63, 3.8) is 0 Å². The molecule has 2 aromatic heterocycles. The van der Waals surface area contributed by atoms with Gasteiger partial charge in [-0.05, 0) is 57.0 Å². The molecule has 2 aliphatic heterocycles. The molecule has 2 fully saturated rings. The van der Waals surface area contributed by atoms with Crippen LogP contribution < -0.4 is 25.0 Å². The summed E-state index contributed by atoms with van der Waals surface area (Å²) < 4.78 is 32.9. The molecule has 4 aromatic rings. The minimum atomic E-state index is -0.499. The van der Waals surface area contributed by atoms with E-state index in [1.165, 1.54) is 18.5 Å². The number of halogens is 1. The Bertz CT molecular complexity index is 1740. The fraction of sp³-hybridized carbons (Fsp3) is 0.353. The third-order valence-electron chi connectivity index (χ3n) is 8.19. The van der Waals surface area contributed by atoms with Gasteiger partial charge in [0, 0.05) is 62.0 Å². The summed E-state index contributed by atoms with van der Waals surface area (Å²) in [6.45, 7) is 11.0. The highest BCUT2D eigenvalue weighted by Crippen LogP contribution is 2.35. The molecule has 0 unspecified atom stereocenters. The number of carbonyl (C=O) groups is 1. The van der Waals surface area contributed by atoms with E-state index in [1.54, 1.807) is 36.4 Å². The number of fused-ring (bicyclic) bond motifs is 1. The number of rotatable bonds is 9. The first-order valence-corrected chi connectivity index (χ1v) is 15.3. The molecule has 1 amide bonds. The number of hydrogen-bond acceptors (Lipinski definition) is 10. The topological polar surface area (TPSA) is 114 Å². The first kappa shape index (κ1) is 31.0. The number of pyridine rings is 1. The summed E-state index contributed by atoms with van der Waals surface area (Å²) in [7, 11) is 1.60. The number of hydrogen-bond donors (Lipinski definition) is 2. The number of amides is 1. The third kappa shape index (κ3) is 6.96. The van der Waals surface area contributed by atoms with Gasteiger partial charge in [-0.2, -0.15) is 0 Å². The van der Waals surface area contributed by atoms with Gasteiger partial charge in [0.25, 0.3) is 0 Å². The average Bonchev–Trinajstić information content (AvgIpc) is 3.05. The Morgan fingerprint density at radius 3 is 2.61 bits per heavy atom. The maximum absolute atomic E-state index is 15.4. The molecule has 0 bridgehead atoms. The maximum Gasteiger partial charge on any atom is 0.245 e. The summed E-state index contributed by atoms with van der Waals surface area (Å²) in [5.41, 5.74) is 1.38. The molecule has 2 aliphatic rings. The van der Waals surface area contributed by atoms with E-state index in [9.17, 15) is 4.79 Å². The van der Waals surface area contributed by atoms with Crippen LogP contribution in [0.5, 0.6) is 17.2 Å². The van der Waals surface area contributed by atoms with Crippen LogP contribution in [-0.2, 0) is 9.53 Å². The van der Waals surface area contributed by atoms with Crippen molar-refractivity contribution in [1.29, 1.82) is 0 Å². The van der Waals surface area contributed by atoms with E-state index in [-0.39, 0.29) is 23.2 Å². The number of carbonyl (C=O) groups excluding carboxylic acids is 1. The van der Waals surface area contributed by atoms with Crippen molar-refractivity contribution >= 4 is 39.8 Å². The van der Waals surface area contributed by atoms with Gasteiger partial charge in [-0.25, -0.2) is 19.3 Å². The number of nitrogens with zero attached hydrogens (tertiary/aromatic N) is 5. The lowest BCUT2D eigenvalue weighted by molar-refractivity contribution is -0.126. The lowest BCUT2D eigenvalue weighted by Gasteiger charge is -2.38. The predicted molar refractivity (Wildman–Crippen MR) is 176 cm³/mol.